The number of piperidine rings is 1. The SMILES string of the molecule is O=C(c1nc2ccc(O)cc2s1)N1CCC(OCc2ccccc2)CC1. The first-order valence-corrected chi connectivity index (χ1v) is 9.55. The largest absolute Gasteiger partial charge is 0.508 e. The van der Waals surface area contributed by atoms with E-state index in [0.717, 1.165) is 23.1 Å². The number of carbonyl (C=O) groups is 1. The molecule has 3 aromatic rings. The number of phenols is 1. The summed E-state index contributed by atoms with van der Waals surface area (Å²) in [5, 5.41) is 10.0. The highest BCUT2D eigenvalue weighted by atomic mass is 32.1. The van der Waals surface area contributed by atoms with Gasteiger partial charge in [-0.1, -0.05) is 30.3 Å². The fourth-order valence-electron chi connectivity index (χ4n) is 3.15. The van der Waals surface area contributed by atoms with Crippen molar-refractivity contribution in [2.75, 3.05) is 13.1 Å². The Balaban J connectivity index is 1.34. The Morgan fingerprint density at radius 1 is 1.19 bits per heavy atom. The summed E-state index contributed by atoms with van der Waals surface area (Å²) in [5.41, 5.74) is 1.92. The third-order valence-corrected chi connectivity index (χ3v) is 5.62. The lowest BCUT2D eigenvalue weighted by atomic mass is 10.1. The van der Waals surface area contributed by atoms with E-state index in [2.05, 4.69) is 17.1 Å². The highest BCUT2D eigenvalue weighted by Gasteiger charge is 2.26. The Labute approximate surface area is 155 Å². The van der Waals surface area contributed by atoms with E-state index in [-0.39, 0.29) is 17.8 Å². The number of hydrogen-bond donors (Lipinski definition) is 1. The molecule has 1 saturated heterocycles. The molecule has 0 spiro atoms. The van der Waals surface area contributed by atoms with Gasteiger partial charge in [0.25, 0.3) is 5.91 Å². The molecule has 0 unspecified atom stereocenters. The van der Waals surface area contributed by atoms with E-state index in [1.54, 1.807) is 18.2 Å². The van der Waals surface area contributed by atoms with Crippen LogP contribution in [0, 0.1) is 0 Å². The second kappa shape index (κ2) is 7.43. The van der Waals surface area contributed by atoms with Gasteiger partial charge in [-0.15, -0.1) is 11.3 Å². The van der Waals surface area contributed by atoms with Gasteiger partial charge in [-0.25, -0.2) is 4.98 Å². The molecule has 0 aliphatic carbocycles. The van der Waals surface area contributed by atoms with Crippen LogP contribution in [0.25, 0.3) is 10.2 Å². The van der Waals surface area contributed by atoms with Crippen LogP contribution in [0.1, 0.15) is 28.2 Å². The Hall–Kier alpha value is -2.44. The number of ether oxygens (including phenoxy) is 1. The number of hydrogen-bond acceptors (Lipinski definition) is 5. The topological polar surface area (TPSA) is 62.7 Å². The highest BCUT2D eigenvalue weighted by molar-refractivity contribution is 7.20. The first kappa shape index (κ1) is 17.0. The van der Waals surface area contributed by atoms with Crippen LogP contribution in [0.5, 0.6) is 5.75 Å². The monoisotopic (exact) mass is 368 g/mol. The summed E-state index contributed by atoms with van der Waals surface area (Å²) in [5.74, 6) is 0.156. The fourth-order valence-corrected chi connectivity index (χ4v) is 4.12. The van der Waals surface area contributed by atoms with Crippen LogP contribution in [-0.4, -0.2) is 40.1 Å². The molecule has 0 saturated carbocycles. The van der Waals surface area contributed by atoms with Gasteiger partial charge in [0.15, 0.2) is 5.01 Å². The van der Waals surface area contributed by atoms with E-state index in [1.165, 1.54) is 16.9 Å². The summed E-state index contributed by atoms with van der Waals surface area (Å²) in [6.45, 7) is 1.97. The molecule has 0 atom stereocenters. The summed E-state index contributed by atoms with van der Waals surface area (Å²) in [6.07, 6.45) is 1.86. The average Bonchev–Trinajstić information content (AvgIpc) is 3.10. The third kappa shape index (κ3) is 3.71. The number of carbonyl (C=O) groups excluding carboxylic acids is 1. The predicted octanol–water partition coefficient (Wildman–Crippen LogP) is 3.82. The molecule has 2 aromatic carbocycles. The van der Waals surface area contributed by atoms with Crippen LogP contribution in [0.3, 0.4) is 0 Å². The number of likely N-dealkylation sites (tertiary alicyclic amines) is 1. The molecular formula is C20H20N2O3S. The van der Waals surface area contributed by atoms with Crippen LogP contribution in [-0.2, 0) is 11.3 Å². The first-order valence-electron chi connectivity index (χ1n) is 8.73. The van der Waals surface area contributed by atoms with E-state index in [0.29, 0.717) is 24.7 Å². The number of aromatic hydroxyl groups is 1. The lowest BCUT2D eigenvalue weighted by molar-refractivity contribution is -0.000380. The number of rotatable bonds is 4. The number of fused-ring (bicyclic) bond motifs is 1. The molecule has 1 aliphatic heterocycles. The summed E-state index contributed by atoms with van der Waals surface area (Å²) in [6, 6.07) is 15.1. The molecule has 1 aromatic heterocycles. The molecule has 2 heterocycles. The van der Waals surface area contributed by atoms with Gasteiger partial charge in [0.2, 0.25) is 0 Å². The summed E-state index contributed by atoms with van der Waals surface area (Å²) < 4.78 is 6.81. The standard InChI is InChI=1S/C20H20N2O3S/c23-15-6-7-17-18(12-15)26-19(21-17)20(24)22-10-8-16(9-11-22)25-13-14-4-2-1-3-5-14/h1-7,12,16,23H,8-11,13H2. The lowest BCUT2D eigenvalue weighted by Gasteiger charge is -2.31. The minimum absolute atomic E-state index is 0.0350. The third-order valence-electron chi connectivity index (χ3n) is 4.61. The predicted molar refractivity (Wildman–Crippen MR) is 101 cm³/mol. The Bertz CT molecular complexity index is 902. The van der Waals surface area contributed by atoms with E-state index >= 15 is 0 Å². The first-order chi connectivity index (χ1) is 12.7. The molecule has 26 heavy (non-hydrogen) atoms. The molecule has 0 radical (unpaired) electrons. The zero-order valence-corrected chi connectivity index (χ0v) is 15.1. The van der Waals surface area contributed by atoms with Gasteiger partial charge in [-0.3, -0.25) is 4.79 Å². The maximum Gasteiger partial charge on any atom is 0.282 e. The quantitative estimate of drug-likeness (QED) is 0.760. The minimum Gasteiger partial charge on any atom is -0.508 e. The maximum absolute atomic E-state index is 12.7. The van der Waals surface area contributed by atoms with Gasteiger partial charge in [0.05, 0.1) is 22.9 Å². The number of amides is 1. The van der Waals surface area contributed by atoms with Crippen molar-refractivity contribution in [3.63, 3.8) is 0 Å². The Morgan fingerprint density at radius 3 is 2.73 bits per heavy atom. The molecule has 134 valence electrons. The maximum atomic E-state index is 12.7. The van der Waals surface area contributed by atoms with E-state index in [9.17, 15) is 9.90 Å². The van der Waals surface area contributed by atoms with Gasteiger partial charge in [-0.05, 0) is 36.6 Å². The molecule has 1 fully saturated rings. The van der Waals surface area contributed by atoms with Gasteiger partial charge in [0, 0.05) is 13.1 Å². The second-order valence-electron chi connectivity index (χ2n) is 6.46. The highest BCUT2D eigenvalue weighted by Crippen LogP contribution is 2.27. The Kier molecular flexibility index (Phi) is 4.86. The van der Waals surface area contributed by atoms with Crippen molar-refractivity contribution in [3.05, 3.63) is 59.1 Å². The Morgan fingerprint density at radius 2 is 1.96 bits per heavy atom. The molecule has 1 N–H and O–H groups in total. The molecule has 1 amide bonds. The number of nitrogens with zero attached hydrogens (tertiary/aromatic N) is 2. The fraction of sp³-hybridized carbons (Fsp3) is 0.300. The number of aromatic nitrogens is 1. The molecule has 4 rings (SSSR count). The van der Waals surface area contributed by atoms with Crippen molar-refractivity contribution in [2.24, 2.45) is 0 Å². The van der Waals surface area contributed by atoms with Crippen molar-refractivity contribution < 1.29 is 14.6 Å². The van der Waals surface area contributed by atoms with Crippen LogP contribution in [0.4, 0.5) is 0 Å². The summed E-state index contributed by atoms with van der Waals surface area (Å²) in [7, 11) is 0. The van der Waals surface area contributed by atoms with Crippen LogP contribution < -0.4 is 0 Å². The zero-order valence-electron chi connectivity index (χ0n) is 14.3. The van der Waals surface area contributed by atoms with E-state index < -0.39 is 0 Å². The molecule has 1 aliphatic rings. The molecule has 6 heteroatoms. The molecule has 0 bridgehead atoms. The van der Waals surface area contributed by atoms with Gasteiger partial charge < -0.3 is 14.7 Å². The van der Waals surface area contributed by atoms with Gasteiger partial charge in [0.1, 0.15) is 5.75 Å². The summed E-state index contributed by atoms with van der Waals surface area (Å²) >= 11 is 1.33. The zero-order chi connectivity index (χ0) is 17.9. The van der Waals surface area contributed by atoms with Crippen molar-refractivity contribution in [2.45, 2.75) is 25.6 Å². The molecular weight excluding hydrogens is 348 g/mol. The van der Waals surface area contributed by atoms with Crippen molar-refractivity contribution in [1.82, 2.24) is 9.88 Å². The van der Waals surface area contributed by atoms with E-state index in [4.69, 9.17) is 4.74 Å². The minimum atomic E-state index is -0.0350. The van der Waals surface area contributed by atoms with E-state index in [1.807, 2.05) is 23.1 Å². The van der Waals surface area contributed by atoms with Gasteiger partial charge >= 0.3 is 0 Å². The van der Waals surface area contributed by atoms with Crippen molar-refractivity contribution >= 4 is 27.5 Å². The van der Waals surface area contributed by atoms with Crippen molar-refractivity contribution in [1.29, 1.82) is 0 Å². The molecule has 5 nitrogen and oxygen atoms in total. The van der Waals surface area contributed by atoms with Crippen LogP contribution in [0.2, 0.25) is 0 Å². The smallest absolute Gasteiger partial charge is 0.282 e. The van der Waals surface area contributed by atoms with Crippen LogP contribution in [0.15, 0.2) is 48.5 Å². The number of benzene rings is 2. The second-order valence-corrected chi connectivity index (χ2v) is 7.49. The summed E-state index contributed by atoms with van der Waals surface area (Å²) in [4.78, 5) is 19.0. The number of thiazole rings is 1. The van der Waals surface area contributed by atoms with Crippen LogP contribution >= 0.6 is 11.3 Å². The average molecular weight is 368 g/mol. The lowest BCUT2D eigenvalue weighted by Crippen LogP contribution is -2.40. The van der Waals surface area contributed by atoms with Gasteiger partial charge in [-0.2, -0.15) is 0 Å². The normalized spacial score (nSPS) is 15.5. The van der Waals surface area contributed by atoms with Crippen molar-refractivity contribution in [3.8, 4) is 5.75 Å². The number of phenolic OH excluding ortho intramolecular Hbond substituents is 1.